The largest absolute Gasteiger partial charge is 0.478 e. The Morgan fingerprint density at radius 3 is 1.92 bits per heavy atom. The van der Waals surface area contributed by atoms with Gasteiger partial charge in [0.05, 0.1) is 12.2 Å². The Morgan fingerprint density at radius 2 is 1.31 bits per heavy atom. The number of hydrogen-bond donors (Lipinski definition) is 3. The van der Waals surface area contributed by atoms with E-state index >= 15 is 0 Å². The summed E-state index contributed by atoms with van der Waals surface area (Å²) in [5.74, 6) is -0.950. The Kier molecular flexibility index (Phi) is 16.6. The number of unbranched alkanes of at least 4 members (excludes halogenated alkanes) is 5. The molecule has 3 N–H and O–H groups in total. The molecule has 0 rings (SSSR count). The number of carboxylic acids is 1. The highest BCUT2D eigenvalue weighted by Gasteiger charge is 2.12. The smallest absolute Gasteiger partial charge is 0.328 e. The van der Waals surface area contributed by atoms with Gasteiger partial charge < -0.3 is 15.3 Å². The van der Waals surface area contributed by atoms with Crippen molar-refractivity contribution in [2.24, 2.45) is 0 Å². The molecule has 0 aromatic carbocycles. The first kappa shape index (κ1) is 24.1. The van der Waals surface area contributed by atoms with Gasteiger partial charge in [-0.05, 0) is 25.7 Å². The molecule has 0 aliphatic carbocycles. The molecular formula is C22H34O4. The Labute approximate surface area is 157 Å². The van der Waals surface area contributed by atoms with E-state index in [4.69, 9.17) is 5.11 Å². The van der Waals surface area contributed by atoms with E-state index in [1.165, 1.54) is 25.3 Å². The Balaban J connectivity index is 3.54. The highest BCUT2D eigenvalue weighted by atomic mass is 16.4. The monoisotopic (exact) mass is 362 g/mol. The Hall–Kier alpha value is -1.91. The minimum absolute atomic E-state index is 0.569. The standard InChI is InChI=1S/C22H34O4/c1-2-20(23)21(24)18-16-14-12-10-8-6-4-3-5-7-9-11-13-15-17-19-22(25)26/h3-5,7,9,11,13,15,17,19-21,23-24H,2,6,8,10,12,14,16,18H2,1H3,(H,25,26)/b4-3-,7-5-,11-9-,15-13-,19-17?. The zero-order valence-corrected chi connectivity index (χ0v) is 15.8. The number of hydrogen-bond acceptors (Lipinski definition) is 3. The molecule has 0 aromatic rings. The lowest BCUT2D eigenvalue weighted by atomic mass is 10.0. The highest BCUT2D eigenvalue weighted by molar-refractivity contribution is 5.80. The maximum Gasteiger partial charge on any atom is 0.328 e. The van der Waals surface area contributed by atoms with Crippen LogP contribution in [0.25, 0.3) is 0 Å². The summed E-state index contributed by atoms with van der Waals surface area (Å²) >= 11 is 0. The average Bonchev–Trinajstić information content (AvgIpc) is 2.63. The van der Waals surface area contributed by atoms with Crippen LogP contribution in [0.4, 0.5) is 0 Å². The van der Waals surface area contributed by atoms with Crippen LogP contribution in [0.3, 0.4) is 0 Å². The van der Waals surface area contributed by atoms with Crippen LogP contribution in [0, 0.1) is 0 Å². The van der Waals surface area contributed by atoms with Gasteiger partial charge >= 0.3 is 5.97 Å². The topological polar surface area (TPSA) is 77.8 Å². The molecule has 2 atom stereocenters. The first-order valence-electron chi connectivity index (χ1n) is 9.50. The molecule has 0 aromatic heterocycles. The number of allylic oxidation sites excluding steroid dienone is 9. The lowest BCUT2D eigenvalue weighted by molar-refractivity contribution is -0.131. The van der Waals surface area contributed by atoms with Gasteiger partial charge in [0, 0.05) is 6.08 Å². The van der Waals surface area contributed by atoms with Gasteiger partial charge in [-0.3, -0.25) is 0 Å². The SMILES string of the molecule is CCC(O)C(O)CCCCCCC\C=C/C=C\C=C/C=C\C=CC(=O)O. The number of carbonyl (C=O) groups is 1. The van der Waals surface area contributed by atoms with Crippen LogP contribution in [0.5, 0.6) is 0 Å². The van der Waals surface area contributed by atoms with Crippen molar-refractivity contribution in [3.8, 4) is 0 Å². The molecule has 2 unspecified atom stereocenters. The Morgan fingerprint density at radius 1 is 0.769 bits per heavy atom. The van der Waals surface area contributed by atoms with Crippen LogP contribution >= 0.6 is 0 Å². The van der Waals surface area contributed by atoms with Gasteiger partial charge in [-0.2, -0.15) is 0 Å². The predicted molar refractivity (Wildman–Crippen MR) is 108 cm³/mol. The zero-order chi connectivity index (χ0) is 19.5. The van der Waals surface area contributed by atoms with Crippen LogP contribution in [-0.4, -0.2) is 33.5 Å². The molecule has 0 fully saturated rings. The second kappa shape index (κ2) is 17.9. The molecule has 26 heavy (non-hydrogen) atoms. The van der Waals surface area contributed by atoms with E-state index in [1.54, 1.807) is 12.2 Å². The van der Waals surface area contributed by atoms with Crippen molar-refractivity contribution in [1.29, 1.82) is 0 Å². The first-order chi connectivity index (χ1) is 12.6. The minimum Gasteiger partial charge on any atom is -0.478 e. The van der Waals surface area contributed by atoms with E-state index in [-0.39, 0.29) is 0 Å². The third-order valence-corrected chi connectivity index (χ3v) is 3.89. The molecule has 0 saturated carbocycles. The maximum atomic E-state index is 10.2. The highest BCUT2D eigenvalue weighted by Crippen LogP contribution is 2.11. The van der Waals surface area contributed by atoms with Gasteiger partial charge in [-0.15, -0.1) is 0 Å². The van der Waals surface area contributed by atoms with E-state index in [1.807, 2.05) is 37.3 Å². The Bertz CT molecular complexity index is 486. The van der Waals surface area contributed by atoms with Gasteiger partial charge in [-0.25, -0.2) is 4.79 Å². The first-order valence-corrected chi connectivity index (χ1v) is 9.50. The van der Waals surface area contributed by atoms with Gasteiger partial charge in [-0.1, -0.05) is 87.3 Å². The normalized spacial score (nSPS) is 15.2. The molecule has 0 aliphatic heterocycles. The van der Waals surface area contributed by atoms with E-state index in [2.05, 4.69) is 6.08 Å². The summed E-state index contributed by atoms with van der Waals surface area (Å²) in [6.07, 6.45) is 24.6. The van der Waals surface area contributed by atoms with Crippen molar-refractivity contribution in [2.45, 2.75) is 70.5 Å². The van der Waals surface area contributed by atoms with Gasteiger partial charge in [0.25, 0.3) is 0 Å². The summed E-state index contributed by atoms with van der Waals surface area (Å²) < 4.78 is 0. The fourth-order valence-corrected chi connectivity index (χ4v) is 2.31. The average molecular weight is 363 g/mol. The van der Waals surface area contributed by atoms with Crippen molar-refractivity contribution in [1.82, 2.24) is 0 Å². The van der Waals surface area contributed by atoms with Crippen LogP contribution in [0.1, 0.15) is 58.3 Å². The molecule has 0 heterocycles. The van der Waals surface area contributed by atoms with E-state index in [9.17, 15) is 15.0 Å². The fourth-order valence-electron chi connectivity index (χ4n) is 2.31. The van der Waals surface area contributed by atoms with Crippen molar-refractivity contribution in [3.63, 3.8) is 0 Å². The number of aliphatic hydroxyl groups excluding tert-OH is 2. The molecule has 0 saturated heterocycles. The molecule has 0 radical (unpaired) electrons. The minimum atomic E-state index is -0.950. The van der Waals surface area contributed by atoms with Crippen molar-refractivity contribution in [2.75, 3.05) is 0 Å². The number of carboxylic acid groups (broad SMARTS) is 1. The quantitative estimate of drug-likeness (QED) is 0.224. The summed E-state index contributed by atoms with van der Waals surface area (Å²) in [5.41, 5.74) is 0. The number of rotatable bonds is 15. The van der Waals surface area contributed by atoms with Crippen LogP contribution < -0.4 is 0 Å². The third-order valence-electron chi connectivity index (χ3n) is 3.89. The summed E-state index contributed by atoms with van der Waals surface area (Å²) in [7, 11) is 0. The lowest BCUT2D eigenvalue weighted by Gasteiger charge is -2.15. The van der Waals surface area contributed by atoms with Crippen molar-refractivity contribution < 1.29 is 20.1 Å². The van der Waals surface area contributed by atoms with E-state index in [0.29, 0.717) is 12.8 Å². The van der Waals surface area contributed by atoms with Crippen LogP contribution in [0.2, 0.25) is 0 Å². The van der Waals surface area contributed by atoms with Crippen molar-refractivity contribution in [3.05, 3.63) is 60.8 Å². The van der Waals surface area contributed by atoms with Gasteiger partial charge in [0.15, 0.2) is 0 Å². The second-order valence-electron chi connectivity index (χ2n) is 6.17. The number of aliphatic hydroxyl groups is 2. The molecular weight excluding hydrogens is 328 g/mol. The van der Waals surface area contributed by atoms with E-state index < -0.39 is 18.2 Å². The third kappa shape index (κ3) is 16.9. The fraction of sp³-hybridized carbons (Fsp3) is 0.500. The molecule has 0 bridgehead atoms. The molecule has 4 heteroatoms. The van der Waals surface area contributed by atoms with Gasteiger partial charge in [0.1, 0.15) is 0 Å². The summed E-state index contributed by atoms with van der Waals surface area (Å²) in [6.45, 7) is 1.88. The predicted octanol–water partition coefficient (Wildman–Crippen LogP) is 4.71. The lowest BCUT2D eigenvalue weighted by Crippen LogP contribution is -2.24. The molecule has 4 nitrogen and oxygen atoms in total. The maximum absolute atomic E-state index is 10.2. The van der Waals surface area contributed by atoms with Crippen molar-refractivity contribution >= 4 is 5.97 Å². The number of aliphatic carboxylic acids is 1. The summed E-state index contributed by atoms with van der Waals surface area (Å²) in [5, 5.41) is 27.5. The summed E-state index contributed by atoms with van der Waals surface area (Å²) in [6, 6.07) is 0. The second-order valence-corrected chi connectivity index (χ2v) is 6.17. The van der Waals surface area contributed by atoms with Crippen LogP contribution in [-0.2, 0) is 4.79 Å². The van der Waals surface area contributed by atoms with E-state index in [0.717, 1.165) is 25.3 Å². The van der Waals surface area contributed by atoms with Gasteiger partial charge in [0.2, 0.25) is 0 Å². The zero-order valence-electron chi connectivity index (χ0n) is 15.8. The van der Waals surface area contributed by atoms with Crippen LogP contribution in [0.15, 0.2) is 60.8 Å². The summed E-state index contributed by atoms with van der Waals surface area (Å²) in [4.78, 5) is 10.2. The molecule has 0 spiro atoms. The molecule has 0 amide bonds. The molecule has 0 aliphatic rings. The molecule has 146 valence electrons.